The lowest BCUT2D eigenvalue weighted by Gasteiger charge is -2.14. The Balaban J connectivity index is 1.60. The second kappa shape index (κ2) is 6.22. The van der Waals surface area contributed by atoms with Crippen molar-refractivity contribution in [1.82, 2.24) is 5.32 Å². The highest BCUT2D eigenvalue weighted by Gasteiger charge is 2.20. The van der Waals surface area contributed by atoms with E-state index in [1.807, 2.05) is 0 Å². The number of benzene rings is 1. The SMILES string of the molecule is O=C(COc1cc2c(cc1CO)OCO2)NC1CCCC1. The molecular formula is C15H19NO5. The van der Waals surface area contributed by atoms with E-state index in [0.717, 1.165) is 12.8 Å². The Bertz CT molecular complexity index is 525. The maximum absolute atomic E-state index is 11.9. The summed E-state index contributed by atoms with van der Waals surface area (Å²) in [6.45, 7) is -0.0921. The zero-order chi connectivity index (χ0) is 14.7. The third kappa shape index (κ3) is 3.21. The summed E-state index contributed by atoms with van der Waals surface area (Å²) in [5.74, 6) is 1.46. The number of amides is 1. The molecule has 1 aromatic carbocycles. The number of carbonyl (C=O) groups is 1. The molecule has 1 heterocycles. The molecular weight excluding hydrogens is 274 g/mol. The summed E-state index contributed by atoms with van der Waals surface area (Å²) in [5, 5.41) is 12.3. The number of nitrogens with one attached hydrogen (secondary N) is 1. The topological polar surface area (TPSA) is 77.0 Å². The van der Waals surface area contributed by atoms with Crippen LogP contribution >= 0.6 is 0 Å². The van der Waals surface area contributed by atoms with Crippen LogP contribution in [0.25, 0.3) is 0 Å². The number of rotatable bonds is 5. The fourth-order valence-electron chi connectivity index (χ4n) is 2.71. The van der Waals surface area contributed by atoms with Gasteiger partial charge in [0.1, 0.15) is 5.75 Å². The lowest BCUT2D eigenvalue weighted by Crippen LogP contribution is -2.36. The molecule has 0 atom stereocenters. The molecule has 0 aromatic heterocycles. The minimum atomic E-state index is -0.184. The molecule has 2 N–H and O–H groups in total. The molecule has 1 amide bonds. The summed E-state index contributed by atoms with van der Waals surface area (Å²) in [5.41, 5.74) is 0.577. The van der Waals surface area contributed by atoms with Crippen LogP contribution in [0.15, 0.2) is 12.1 Å². The monoisotopic (exact) mass is 293 g/mol. The fraction of sp³-hybridized carbons (Fsp3) is 0.533. The number of hydrogen-bond donors (Lipinski definition) is 2. The van der Waals surface area contributed by atoms with Gasteiger partial charge in [0.15, 0.2) is 18.1 Å². The summed E-state index contributed by atoms with van der Waals surface area (Å²) in [7, 11) is 0. The molecule has 0 spiro atoms. The summed E-state index contributed by atoms with van der Waals surface area (Å²) in [6, 6.07) is 3.60. The molecule has 21 heavy (non-hydrogen) atoms. The van der Waals surface area contributed by atoms with Gasteiger partial charge in [-0.05, 0) is 18.9 Å². The predicted octanol–water partition coefficient (Wildman–Crippen LogP) is 1.35. The van der Waals surface area contributed by atoms with Crippen LogP contribution in [0.1, 0.15) is 31.2 Å². The maximum Gasteiger partial charge on any atom is 0.258 e. The highest BCUT2D eigenvalue weighted by molar-refractivity contribution is 5.78. The molecule has 6 heteroatoms. The molecule has 1 aromatic rings. The summed E-state index contributed by atoms with van der Waals surface area (Å²) >= 11 is 0. The number of aliphatic hydroxyl groups is 1. The fourth-order valence-corrected chi connectivity index (χ4v) is 2.71. The lowest BCUT2D eigenvalue weighted by atomic mass is 10.2. The highest BCUT2D eigenvalue weighted by atomic mass is 16.7. The molecule has 2 aliphatic rings. The standard InChI is InChI=1S/C15H19NO5/c17-7-10-5-13-14(21-9-20-13)6-12(10)19-8-15(18)16-11-3-1-2-4-11/h5-6,11,17H,1-4,7-9H2,(H,16,18). The van der Waals surface area contributed by atoms with Gasteiger partial charge in [-0.15, -0.1) is 0 Å². The smallest absolute Gasteiger partial charge is 0.258 e. The Hall–Kier alpha value is -1.95. The second-order valence-corrected chi connectivity index (χ2v) is 5.31. The average Bonchev–Trinajstić information content (AvgIpc) is 3.14. The first-order chi connectivity index (χ1) is 10.3. The van der Waals surface area contributed by atoms with Crippen LogP contribution in [0.5, 0.6) is 17.2 Å². The first-order valence-electron chi connectivity index (χ1n) is 7.22. The van der Waals surface area contributed by atoms with Crippen molar-refractivity contribution in [1.29, 1.82) is 0 Å². The van der Waals surface area contributed by atoms with E-state index in [0.29, 0.717) is 22.8 Å². The van der Waals surface area contributed by atoms with E-state index in [1.165, 1.54) is 12.8 Å². The Morgan fingerprint density at radius 3 is 2.71 bits per heavy atom. The van der Waals surface area contributed by atoms with Crippen LogP contribution in [0, 0.1) is 0 Å². The van der Waals surface area contributed by atoms with Gasteiger partial charge in [0.25, 0.3) is 5.91 Å². The summed E-state index contributed by atoms with van der Waals surface area (Å²) in [6.07, 6.45) is 4.42. The van der Waals surface area contributed by atoms with Crippen LogP contribution < -0.4 is 19.5 Å². The molecule has 1 fully saturated rings. The zero-order valence-electron chi connectivity index (χ0n) is 11.8. The summed E-state index contributed by atoms with van der Waals surface area (Å²) in [4.78, 5) is 11.9. The average molecular weight is 293 g/mol. The summed E-state index contributed by atoms with van der Waals surface area (Å²) < 4.78 is 16.0. The van der Waals surface area contributed by atoms with Gasteiger partial charge in [-0.1, -0.05) is 12.8 Å². The minimum Gasteiger partial charge on any atom is -0.483 e. The van der Waals surface area contributed by atoms with Gasteiger partial charge in [-0.2, -0.15) is 0 Å². The van der Waals surface area contributed by atoms with Crippen LogP contribution in [0.3, 0.4) is 0 Å². The van der Waals surface area contributed by atoms with Gasteiger partial charge in [-0.25, -0.2) is 0 Å². The molecule has 1 aliphatic heterocycles. The molecule has 3 rings (SSSR count). The first kappa shape index (κ1) is 14.0. The number of ether oxygens (including phenoxy) is 3. The van der Waals surface area contributed by atoms with Crippen molar-refractivity contribution in [2.24, 2.45) is 0 Å². The molecule has 114 valence electrons. The Morgan fingerprint density at radius 2 is 2.00 bits per heavy atom. The highest BCUT2D eigenvalue weighted by Crippen LogP contribution is 2.38. The molecule has 6 nitrogen and oxygen atoms in total. The first-order valence-corrected chi connectivity index (χ1v) is 7.22. The molecule has 0 bridgehead atoms. The van der Waals surface area contributed by atoms with E-state index < -0.39 is 0 Å². The quantitative estimate of drug-likeness (QED) is 0.857. The van der Waals surface area contributed by atoms with Gasteiger partial charge in [0, 0.05) is 17.7 Å². The molecule has 1 aliphatic carbocycles. The molecule has 1 saturated carbocycles. The van der Waals surface area contributed by atoms with Gasteiger partial charge in [0.2, 0.25) is 6.79 Å². The van der Waals surface area contributed by atoms with E-state index >= 15 is 0 Å². The van der Waals surface area contributed by atoms with Crippen molar-refractivity contribution < 1.29 is 24.1 Å². The normalized spacial score (nSPS) is 17.0. The molecule has 0 unspecified atom stereocenters. The van der Waals surface area contributed by atoms with Crippen LogP contribution in [-0.4, -0.2) is 30.5 Å². The van der Waals surface area contributed by atoms with Crippen molar-refractivity contribution in [3.05, 3.63) is 17.7 Å². The minimum absolute atomic E-state index is 0.0663. The Morgan fingerprint density at radius 1 is 1.29 bits per heavy atom. The van der Waals surface area contributed by atoms with Gasteiger partial charge >= 0.3 is 0 Å². The number of fused-ring (bicyclic) bond motifs is 1. The number of carbonyl (C=O) groups excluding carboxylic acids is 1. The van der Waals surface area contributed by atoms with E-state index in [2.05, 4.69) is 5.32 Å². The third-order valence-corrected chi connectivity index (χ3v) is 3.81. The van der Waals surface area contributed by atoms with Crippen molar-refractivity contribution in [2.45, 2.75) is 38.3 Å². The number of aliphatic hydroxyl groups excluding tert-OH is 1. The Kier molecular flexibility index (Phi) is 4.15. The van der Waals surface area contributed by atoms with Gasteiger partial charge < -0.3 is 24.6 Å². The predicted molar refractivity (Wildman–Crippen MR) is 74.4 cm³/mol. The van der Waals surface area contributed by atoms with Crippen molar-refractivity contribution in [3.63, 3.8) is 0 Å². The van der Waals surface area contributed by atoms with Crippen molar-refractivity contribution in [2.75, 3.05) is 13.4 Å². The lowest BCUT2D eigenvalue weighted by molar-refractivity contribution is -0.123. The molecule has 0 saturated heterocycles. The second-order valence-electron chi connectivity index (χ2n) is 5.31. The van der Waals surface area contributed by atoms with Crippen LogP contribution in [0.2, 0.25) is 0 Å². The Labute approximate surface area is 123 Å². The molecule has 0 radical (unpaired) electrons. The third-order valence-electron chi connectivity index (χ3n) is 3.81. The van der Waals surface area contributed by atoms with E-state index in [-0.39, 0.29) is 32.0 Å². The van der Waals surface area contributed by atoms with Crippen LogP contribution in [0.4, 0.5) is 0 Å². The van der Waals surface area contributed by atoms with Crippen LogP contribution in [-0.2, 0) is 11.4 Å². The van der Waals surface area contributed by atoms with Crippen molar-refractivity contribution in [3.8, 4) is 17.2 Å². The number of hydrogen-bond acceptors (Lipinski definition) is 5. The largest absolute Gasteiger partial charge is 0.483 e. The van der Waals surface area contributed by atoms with Gasteiger partial charge in [-0.3, -0.25) is 4.79 Å². The van der Waals surface area contributed by atoms with Gasteiger partial charge in [0.05, 0.1) is 6.61 Å². The van der Waals surface area contributed by atoms with Crippen molar-refractivity contribution >= 4 is 5.91 Å². The maximum atomic E-state index is 11.9. The zero-order valence-corrected chi connectivity index (χ0v) is 11.8. The van der Waals surface area contributed by atoms with E-state index in [1.54, 1.807) is 12.1 Å². The van der Waals surface area contributed by atoms with E-state index in [4.69, 9.17) is 14.2 Å². The van der Waals surface area contributed by atoms with E-state index in [9.17, 15) is 9.90 Å².